The fraction of sp³-hybridized carbons (Fsp3) is 0.647. The summed E-state index contributed by atoms with van der Waals surface area (Å²) in [4.78, 5) is 0. The molecule has 1 N–H and O–H groups in total. The molecule has 4 heteroatoms. The van der Waals surface area contributed by atoms with Crippen LogP contribution in [-0.4, -0.2) is 14.2 Å². The number of sulfonamides is 1. The molecule has 0 saturated heterocycles. The third-order valence-electron chi connectivity index (χ3n) is 4.31. The van der Waals surface area contributed by atoms with Gasteiger partial charge in [0.05, 0.1) is 5.75 Å². The Morgan fingerprint density at radius 1 is 1.10 bits per heavy atom. The molecule has 1 fully saturated rings. The molecule has 0 radical (unpaired) electrons. The van der Waals surface area contributed by atoms with E-state index in [9.17, 15) is 8.42 Å². The molecule has 21 heavy (non-hydrogen) atoms. The van der Waals surface area contributed by atoms with Gasteiger partial charge in [0.15, 0.2) is 0 Å². The van der Waals surface area contributed by atoms with Gasteiger partial charge in [0, 0.05) is 6.04 Å². The molecule has 118 valence electrons. The molecule has 0 bridgehead atoms. The van der Waals surface area contributed by atoms with Crippen LogP contribution in [0.15, 0.2) is 30.3 Å². The second-order valence-corrected chi connectivity index (χ2v) is 8.33. The average molecular weight is 309 g/mol. The number of benzene rings is 1. The van der Waals surface area contributed by atoms with Gasteiger partial charge in [0.25, 0.3) is 0 Å². The van der Waals surface area contributed by atoms with Crippen LogP contribution in [0.4, 0.5) is 0 Å². The maximum absolute atomic E-state index is 12.5. The van der Waals surface area contributed by atoms with Crippen molar-refractivity contribution in [1.29, 1.82) is 0 Å². The van der Waals surface area contributed by atoms with Gasteiger partial charge < -0.3 is 0 Å². The van der Waals surface area contributed by atoms with Crippen molar-refractivity contribution in [3.8, 4) is 0 Å². The van der Waals surface area contributed by atoms with Crippen LogP contribution in [0.3, 0.4) is 0 Å². The summed E-state index contributed by atoms with van der Waals surface area (Å²) in [5, 5.41) is 0. The third kappa shape index (κ3) is 5.11. The zero-order chi connectivity index (χ0) is 15.3. The summed E-state index contributed by atoms with van der Waals surface area (Å²) in [6, 6.07) is 9.72. The Balaban J connectivity index is 2.05. The lowest BCUT2D eigenvalue weighted by molar-refractivity contribution is 0.381. The summed E-state index contributed by atoms with van der Waals surface area (Å²) < 4.78 is 27.9. The molecule has 0 heterocycles. The lowest BCUT2D eigenvalue weighted by Crippen LogP contribution is -2.35. The molecule has 1 aromatic carbocycles. The van der Waals surface area contributed by atoms with Gasteiger partial charge in [0.1, 0.15) is 0 Å². The highest BCUT2D eigenvalue weighted by atomic mass is 32.2. The van der Waals surface area contributed by atoms with Crippen molar-refractivity contribution in [2.24, 2.45) is 11.8 Å². The summed E-state index contributed by atoms with van der Waals surface area (Å²) in [5.74, 6) is 0.844. The van der Waals surface area contributed by atoms with E-state index >= 15 is 0 Å². The topological polar surface area (TPSA) is 46.2 Å². The van der Waals surface area contributed by atoms with Gasteiger partial charge in [-0.25, -0.2) is 13.1 Å². The molecular formula is C17H27NO2S. The lowest BCUT2D eigenvalue weighted by atomic mass is 9.91. The number of nitrogens with one attached hydrogen (secondary N) is 1. The van der Waals surface area contributed by atoms with E-state index in [1.807, 2.05) is 30.3 Å². The normalized spacial score (nSPS) is 18.8. The molecule has 0 amide bonds. The summed E-state index contributed by atoms with van der Waals surface area (Å²) in [6.07, 6.45) is 5.71. The van der Waals surface area contributed by atoms with Crippen LogP contribution in [0.5, 0.6) is 0 Å². The summed E-state index contributed by atoms with van der Waals surface area (Å²) in [5.41, 5.74) is 1.04. The van der Waals surface area contributed by atoms with E-state index < -0.39 is 10.0 Å². The first-order valence-corrected chi connectivity index (χ1v) is 9.68. The van der Waals surface area contributed by atoms with Crippen molar-refractivity contribution in [3.63, 3.8) is 0 Å². The Morgan fingerprint density at radius 3 is 2.29 bits per heavy atom. The van der Waals surface area contributed by atoms with E-state index in [1.165, 1.54) is 19.3 Å². The largest absolute Gasteiger partial charge is 0.212 e. The molecule has 0 spiro atoms. The van der Waals surface area contributed by atoms with Crippen LogP contribution >= 0.6 is 0 Å². The van der Waals surface area contributed by atoms with E-state index in [0.717, 1.165) is 18.4 Å². The molecule has 1 aliphatic carbocycles. The third-order valence-corrected chi connectivity index (χ3v) is 5.84. The monoisotopic (exact) mass is 309 g/mol. The molecular weight excluding hydrogens is 282 g/mol. The Bertz CT molecular complexity index is 519. The predicted molar refractivity (Wildman–Crippen MR) is 87.5 cm³/mol. The zero-order valence-corrected chi connectivity index (χ0v) is 13.9. The fourth-order valence-electron chi connectivity index (χ4n) is 3.16. The summed E-state index contributed by atoms with van der Waals surface area (Å²) >= 11 is 0. The lowest BCUT2D eigenvalue weighted by Gasteiger charge is -2.26. The molecule has 0 unspecified atom stereocenters. The van der Waals surface area contributed by atoms with E-state index in [2.05, 4.69) is 18.6 Å². The molecule has 0 aliphatic heterocycles. The molecule has 2 rings (SSSR count). The smallest absolute Gasteiger partial charge is 0.212 e. The minimum atomic E-state index is -3.22. The van der Waals surface area contributed by atoms with Crippen molar-refractivity contribution in [2.45, 2.75) is 52.0 Å². The maximum atomic E-state index is 12.5. The van der Waals surface area contributed by atoms with Crippen molar-refractivity contribution in [2.75, 3.05) is 5.75 Å². The average Bonchev–Trinajstić information content (AvgIpc) is 2.46. The van der Waals surface area contributed by atoms with Crippen LogP contribution < -0.4 is 4.72 Å². The van der Waals surface area contributed by atoms with Crippen LogP contribution in [-0.2, 0) is 10.0 Å². The van der Waals surface area contributed by atoms with E-state index in [0.29, 0.717) is 5.92 Å². The number of rotatable bonds is 6. The first-order valence-electron chi connectivity index (χ1n) is 8.03. The van der Waals surface area contributed by atoms with Crippen molar-refractivity contribution in [1.82, 2.24) is 4.72 Å². The van der Waals surface area contributed by atoms with Gasteiger partial charge >= 0.3 is 0 Å². The molecule has 3 nitrogen and oxygen atoms in total. The van der Waals surface area contributed by atoms with Crippen molar-refractivity contribution < 1.29 is 8.42 Å². The predicted octanol–water partition coefficient (Wildman–Crippen LogP) is 3.88. The van der Waals surface area contributed by atoms with E-state index in [4.69, 9.17) is 0 Å². The van der Waals surface area contributed by atoms with Gasteiger partial charge in [-0.3, -0.25) is 0 Å². The Labute approximate surface area is 129 Å². The Morgan fingerprint density at radius 2 is 1.71 bits per heavy atom. The SMILES string of the molecule is CC(C)[C@@H](NS(=O)(=O)CC1CCCCC1)c1ccccc1. The highest BCUT2D eigenvalue weighted by molar-refractivity contribution is 7.89. The van der Waals surface area contributed by atoms with Crippen molar-refractivity contribution in [3.05, 3.63) is 35.9 Å². The van der Waals surface area contributed by atoms with Gasteiger partial charge in [-0.05, 0) is 30.2 Å². The van der Waals surface area contributed by atoms with E-state index in [-0.39, 0.29) is 17.7 Å². The quantitative estimate of drug-likeness (QED) is 0.866. The molecule has 0 aromatic heterocycles. The first-order chi connectivity index (χ1) is 9.98. The summed E-state index contributed by atoms with van der Waals surface area (Å²) in [7, 11) is -3.22. The van der Waals surface area contributed by atoms with Gasteiger partial charge in [0.2, 0.25) is 10.0 Å². The first kappa shape index (κ1) is 16.5. The summed E-state index contributed by atoms with van der Waals surface area (Å²) in [6.45, 7) is 4.11. The number of hydrogen-bond acceptors (Lipinski definition) is 2. The minimum Gasteiger partial charge on any atom is -0.212 e. The highest BCUT2D eigenvalue weighted by Crippen LogP contribution is 2.27. The Hall–Kier alpha value is -0.870. The van der Waals surface area contributed by atoms with Crippen LogP contribution in [0, 0.1) is 11.8 Å². The highest BCUT2D eigenvalue weighted by Gasteiger charge is 2.26. The van der Waals surface area contributed by atoms with Gasteiger partial charge in [-0.15, -0.1) is 0 Å². The van der Waals surface area contributed by atoms with E-state index in [1.54, 1.807) is 0 Å². The second kappa shape index (κ2) is 7.41. The molecule has 1 atom stereocenters. The molecule has 1 aliphatic rings. The minimum absolute atomic E-state index is 0.139. The van der Waals surface area contributed by atoms with Gasteiger partial charge in [-0.2, -0.15) is 0 Å². The standard InChI is InChI=1S/C17H27NO2S/c1-14(2)17(16-11-7-4-8-12-16)18-21(19,20)13-15-9-5-3-6-10-15/h4,7-8,11-12,14-15,17-18H,3,5-6,9-10,13H2,1-2H3/t17-/m1/s1. The fourth-order valence-corrected chi connectivity index (χ4v) is 5.00. The number of hydrogen-bond donors (Lipinski definition) is 1. The zero-order valence-electron chi connectivity index (χ0n) is 13.1. The molecule has 1 aromatic rings. The second-order valence-electron chi connectivity index (χ2n) is 6.54. The van der Waals surface area contributed by atoms with Crippen LogP contribution in [0.1, 0.15) is 57.6 Å². The van der Waals surface area contributed by atoms with Gasteiger partial charge in [-0.1, -0.05) is 63.4 Å². The maximum Gasteiger partial charge on any atom is 0.212 e. The van der Waals surface area contributed by atoms with Crippen LogP contribution in [0.2, 0.25) is 0 Å². The van der Waals surface area contributed by atoms with Crippen molar-refractivity contribution >= 4 is 10.0 Å². The Kier molecular flexibility index (Phi) is 5.82. The van der Waals surface area contributed by atoms with Crippen LogP contribution in [0.25, 0.3) is 0 Å². The molecule has 1 saturated carbocycles.